The molecular formula is C22H26F3N5O. The summed E-state index contributed by atoms with van der Waals surface area (Å²) in [7, 11) is 0. The first-order valence-electron chi connectivity index (χ1n) is 10.3. The largest absolute Gasteiger partial charge is 0.433 e. The highest BCUT2D eigenvalue weighted by molar-refractivity contribution is 5.93. The molecule has 31 heavy (non-hydrogen) atoms. The maximum absolute atomic E-state index is 13.7. The Bertz CT molecular complexity index is 1040. The highest BCUT2D eigenvalue weighted by atomic mass is 19.4. The van der Waals surface area contributed by atoms with Crippen molar-refractivity contribution >= 4 is 11.6 Å². The van der Waals surface area contributed by atoms with Gasteiger partial charge in [0.25, 0.3) is 5.91 Å². The molecule has 0 fully saturated rings. The van der Waals surface area contributed by atoms with Crippen LogP contribution in [0.1, 0.15) is 42.0 Å². The van der Waals surface area contributed by atoms with Crippen LogP contribution in [0.3, 0.4) is 0 Å². The van der Waals surface area contributed by atoms with Crippen LogP contribution in [0.4, 0.5) is 13.2 Å². The number of halogens is 3. The minimum absolute atomic E-state index is 0.0290. The quantitative estimate of drug-likeness (QED) is 0.542. The first-order chi connectivity index (χ1) is 14.7. The topological polar surface area (TPSA) is 62.5 Å². The first-order valence-corrected chi connectivity index (χ1v) is 10.3. The maximum atomic E-state index is 13.7. The number of aryl methyl sites for hydroxylation is 1. The molecule has 0 aliphatic rings. The van der Waals surface area contributed by atoms with Crippen LogP contribution in [0.2, 0.25) is 0 Å². The summed E-state index contributed by atoms with van der Waals surface area (Å²) in [5.74, 6) is -0.518. The highest BCUT2D eigenvalue weighted by Crippen LogP contribution is 2.32. The number of fused-ring (bicyclic) bond motifs is 1. The van der Waals surface area contributed by atoms with E-state index in [2.05, 4.69) is 34.1 Å². The van der Waals surface area contributed by atoms with Gasteiger partial charge in [0.2, 0.25) is 0 Å². The zero-order valence-corrected chi connectivity index (χ0v) is 17.8. The normalized spacial score (nSPS) is 12.0. The molecule has 0 unspecified atom stereocenters. The third-order valence-corrected chi connectivity index (χ3v) is 5.13. The molecule has 2 heterocycles. The molecule has 0 spiro atoms. The Kier molecular flexibility index (Phi) is 6.94. The van der Waals surface area contributed by atoms with Crippen molar-refractivity contribution in [2.24, 2.45) is 0 Å². The van der Waals surface area contributed by atoms with Gasteiger partial charge in [-0.15, -0.1) is 0 Å². The van der Waals surface area contributed by atoms with E-state index in [1.165, 1.54) is 6.07 Å². The van der Waals surface area contributed by atoms with Crippen molar-refractivity contribution in [3.63, 3.8) is 0 Å². The first kappa shape index (κ1) is 22.7. The van der Waals surface area contributed by atoms with Gasteiger partial charge >= 0.3 is 6.18 Å². The van der Waals surface area contributed by atoms with Gasteiger partial charge in [0.05, 0.1) is 5.69 Å². The average molecular weight is 433 g/mol. The summed E-state index contributed by atoms with van der Waals surface area (Å²) in [5, 5.41) is 6.61. The van der Waals surface area contributed by atoms with Gasteiger partial charge in [-0.3, -0.25) is 4.79 Å². The van der Waals surface area contributed by atoms with Crippen LogP contribution in [0.5, 0.6) is 0 Å². The van der Waals surface area contributed by atoms with Crippen molar-refractivity contribution in [3.8, 4) is 11.3 Å². The SMILES string of the molecule is CCN(CC)CCCNC(=O)c1cc2nc(-c3ccc(C)cc3)cc(C(F)(F)F)n2n1. The zero-order valence-electron chi connectivity index (χ0n) is 17.8. The van der Waals surface area contributed by atoms with Gasteiger partial charge in [0.1, 0.15) is 0 Å². The third-order valence-electron chi connectivity index (χ3n) is 5.13. The summed E-state index contributed by atoms with van der Waals surface area (Å²) in [6, 6.07) is 9.29. The van der Waals surface area contributed by atoms with E-state index in [0.29, 0.717) is 16.6 Å². The fourth-order valence-corrected chi connectivity index (χ4v) is 3.29. The molecule has 3 rings (SSSR count). The van der Waals surface area contributed by atoms with E-state index in [9.17, 15) is 18.0 Å². The minimum atomic E-state index is -4.65. The lowest BCUT2D eigenvalue weighted by Crippen LogP contribution is -2.30. The highest BCUT2D eigenvalue weighted by Gasteiger charge is 2.35. The van der Waals surface area contributed by atoms with E-state index in [4.69, 9.17) is 0 Å². The molecule has 6 nitrogen and oxygen atoms in total. The molecule has 3 aromatic rings. The summed E-state index contributed by atoms with van der Waals surface area (Å²) in [6.07, 6.45) is -3.91. The van der Waals surface area contributed by atoms with Crippen molar-refractivity contribution in [3.05, 3.63) is 53.3 Å². The van der Waals surface area contributed by atoms with Crippen molar-refractivity contribution in [2.75, 3.05) is 26.2 Å². The molecule has 0 saturated heterocycles. The molecule has 0 bridgehead atoms. The molecule has 9 heteroatoms. The van der Waals surface area contributed by atoms with E-state index in [1.54, 1.807) is 12.1 Å². The molecule has 0 atom stereocenters. The number of hydrogen-bond acceptors (Lipinski definition) is 4. The lowest BCUT2D eigenvalue weighted by molar-refractivity contribution is -0.142. The second-order valence-corrected chi connectivity index (χ2v) is 7.33. The van der Waals surface area contributed by atoms with E-state index in [1.807, 2.05) is 19.1 Å². The van der Waals surface area contributed by atoms with Crippen LogP contribution in [-0.4, -0.2) is 51.6 Å². The van der Waals surface area contributed by atoms with Crippen molar-refractivity contribution in [2.45, 2.75) is 33.4 Å². The summed E-state index contributed by atoms with van der Waals surface area (Å²) < 4.78 is 41.7. The standard InChI is InChI=1S/C22H26F3N5O/c1-4-29(5-2)12-6-11-26-21(31)18-14-20-27-17(16-9-7-15(3)8-10-16)13-19(22(23,24)25)30(20)28-18/h7-10,13-14H,4-6,11-12H2,1-3H3,(H,26,31). The molecule has 0 aliphatic carbocycles. The second-order valence-electron chi connectivity index (χ2n) is 7.33. The smallest absolute Gasteiger partial charge is 0.351 e. The number of benzene rings is 1. The number of nitrogens with zero attached hydrogens (tertiary/aromatic N) is 4. The Labute approximate surface area is 179 Å². The number of amides is 1. The van der Waals surface area contributed by atoms with Crippen LogP contribution < -0.4 is 5.32 Å². The second kappa shape index (κ2) is 9.47. The number of carbonyl (C=O) groups is 1. The minimum Gasteiger partial charge on any atom is -0.351 e. The van der Waals surface area contributed by atoms with Gasteiger partial charge in [0, 0.05) is 18.2 Å². The van der Waals surface area contributed by atoms with Crippen LogP contribution in [0.25, 0.3) is 16.9 Å². The van der Waals surface area contributed by atoms with E-state index >= 15 is 0 Å². The van der Waals surface area contributed by atoms with Gasteiger partial charge in [-0.1, -0.05) is 43.7 Å². The Morgan fingerprint density at radius 3 is 2.42 bits per heavy atom. The molecule has 1 amide bonds. The number of alkyl halides is 3. The predicted octanol–water partition coefficient (Wildman–Crippen LogP) is 4.19. The number of nitrogens with one attached hydrogen (secondary N) is 1. The molecule has 0 saturated carbocycles. The van der Waals surface area contributed by atoms with Crippen LogP contribution in [0, 0.1) is 6.92 Å². The van der Waals surface area contributed by atoms with Crippen LogP contribution in [-0.2, 0) is 6.18 Å². The zero-order chi connectivity index (χ0) is 22.6. The molecule has 2 aromatic heterocycles. The lowest BCUT2D eigenvalue weighted by atomic mass is 10.1. The fourth-order valence-electron chi connectivity index (χ4n) is 3.29. The number of rotatable bonds is 8. The van der Waals surface area contributed by atoms with Gasteiger partial charge < -0.3 is 10.2 Å². The number of aromatic nitrogens is 3. The van der Waals surface area contributed by atoms with E-state index in [-0.39, 0.29) is 17.0 Å². The number of carbonyl (C=O) groups excluding carboxylic acids is 1. The third kappa shape index (κ3) is 5.41. The predicted molar refractivity (Wildman–Crippen MR) is 113 cm³/mol. The van der Waals surface area contributed by atoms with E-state index < -0.39 is 17.8 Å². The van der Waals surface area contributed by atoms with Gasteiger partial charge in [-0.25, -0.2) is 9.50 Å². The molecule has 166 valence electrons. The van der Waals surface area contributed by atoms with Crippen molar-refractivity contribution in [1.29, 1.82) is 0 Å². The van der Waals surface area contributed by atoms with Crippen LogP contribution in [0.15, 0.2) is 36.4 Å². The molecule has 1 N–H and O–H groups in total. The van der Waals surface area contributed by atoms with Crippen molar-refractivity contribution < 1.29 is 18.0 Å². The summed E-state index contributed by atoms with van der Waals surface area (Å²) >= 11 is 0. The van der Waals surface area contributed by atoms with Gasteiger partial charge in [0.15, 0.2) is 17.0 Å². The van der Waals surface area contributed by atoms with Gasteiger partial charge in [-0.2, -0.15) is 18.3 Å². The van der Waals surface area contributed by atoms with Crippen LogP contribution >= 0.6 is 0 Å². The molecular weight excluding hydrogens is 407 g/mol. The Balaban J connectivity index is 1.86. The lowest BCUT2D eigenvalue weighted by Gasteiger charge is -2.17. The monoisotopic (exact) mass is 433 g/mol. The molecule has 0 aliphatic heterocycles. The Morgan fingerprint density at radius 1 is 1.13 bits per heavy atom. The summed E-state index contributed by atoms with van der Waals surface area (Å²) in [6.45, 7) is 9.11. The Morgan fingerprint density at radius 2 is 1.81 bits per heavy atom. The number of hydrogen-bond donors (Lipinski definition) is 1. The maximum Gasteiger partial charge on any atom is 0.433 e. The summed E-state index contributed by atoms with van der Waals surface area (Å²) in [5.41, 5.74) is 0.618. The summed E-state index contributed by atoms with van der Waals surface area (Å²) in [4.78, 5) is 19.0. The molecule has 1 aromatic carbocycles. The van der Waals surface area contributed by atoms with Crippen molar-refractivity contribution in [1.82, 2.24) is 24.8 Å². The van der Waals surface area contributed by atoms with E-state index in [0.717, 1.165) is 37.7 Å². The fraction of sp³-hybridized carbons (Fsp3) is 0.409. The average Bonchev–Trinajstić information content (AvgIpc) is 3.17. The van der Waals surface area contributed by atoms with Gasteiger partial charge in [-0.05, 0) is 39.0 Å². The molecule has 0 radical (unpaired) electrons. The Hall–Kier alpha value is -2.94.